The molecular weight excluding hydrogens is 266 g/mol. The molecule has 4 atom stereocenters. The SMILES string of the molecule is CC(C)CN(CC(C)C)C(=O)[C@H]1[C@@H](C(=O)O)[C@H]2C=C[C@@H]1C2. The maximum absolute atomic E-state index is 12.9. The number of carboxylic acid groups (broad SMARTS) is 1. The molecule has 4 heteroatoms. The summed E-state index contributed by atoms with van der Waals surface area (Å²) in [5, 5.41) is 9.50. The lowest BCUT2D eigenvalue weighted by molar-refractivity contribution is -0.151. The van der Waals surface area contributed by atoms with Gasteiger partial charge in [-0.05, 0) is 30.1 Å². The molecule has 2 aliphatic rings. The fourth-order valence-electron chi connectivity index (χ4n) is 3.84. The van der Waals surface area contributed by atoms with Crippen molar-refractivity contribution in [1.82, 2.24) is 4.90 Å². The number of carbonyl (C=O) groups excluding carboxylic acids is 1. The number of aliphatic carboxylic acids is 1. The molecule has 0 unspecified atom stereocenters. The van der Waals surface area contributed by atoms with E-state index in [1.807, 2.05) is 11.0 Å². The minimum atomic E-state index is -0.820. The van der Waals surface area contributed by atoms with Gasteiger partial charge in [-0.2, -0.15) is 0 Å². The lowest BCUT2D eigenvalue weighted by Crippen LogP contribution is -2.45. The van der Waals surface area contributed by atoms with Gasteiger partial charge in [0.1, 0.15) is 0 Å². The van der Waals surface area contributed by atoms with E-state index in [0.29, 0.717) is 24.9 Å². The van der Waals surface area contributed by atoms with E-state index in [4.69, 9.17) is 0 Å². The highest BCUT2D eigenvalue weighted by atomic mass is 16.4. The number of allylic oxidation sites excluding steroid dienone is 2. The highest BCUT2D eigenvalue weighted by Gasteiger charge is 2.52. The highest BCUT2D eigenvalue weighted by molar-refractivity contribution is 5.87. The molecule has 0 aromatic carbocycles. The first-order valence-corrected chi connectivity index (χ1v) is 8.01. The maximum atomic E-state index is 12.9. The molecule has 0 aromatic heterocycles. The Morgan fingerprint density at radius 2 is 1.52 bits per heavy atom. The second-order valence-corrected chi connectivity index (χ2v) is 7.37. The lowest BCUT2D eigenvalue weighted by atomic mass is 9.82. The fraction of sp³-hybridized carbons (Fsp3) is 0.765. The van der Waals surface area contributed by atoms with Crippen molar-refractivity contribution in [2.75, 3.05) is 13.1 Å². The molecule has 1 N–H and O–H groups in total. The van der Waals surface area contributed by atoms with E-state index in [9.17, 15) is 14.7 Å². The smallest absolute Gasteiger partial charge is 0.307 e. The maximum Gasteiger partial charge on any atom is 0.307 e. The molecule has 0 spiro atoms. The third-order valence-electron chi connectivity index (χ3n) is 4.51. The first-order valence-electron chi connectivity index (χ1n) is 8.01. The van der Waals surface area contributed by atoms with E-state index in [2.05, 4.69) is 33.8 Å². The van der Waals surface area contributed by atoms with E-state index in [0.717, 1.165) is 6.42 Å². The van der Waals surface area contributed by atoms with Crippen LogP contribution in [-0.2, 0) is 9.59 Å². The molecule has 2 aliphatic carbocycles. The van der Waals surface area contributed by atoms with Crippen LogP contribution in [0.1, 0.15) is 34.1 Å². The molecule has 0 heterocycles. The largest absolute Gasteiger partial charge is 0.481 e. The van der Waals surface area contributed by atoms with Crippen molar-refractivity contribution >= 4 is 11.9 Å². The average molecular weight is 293 g/mol. The van der Waals surface area contributed by atoms with Crippen molar-refractivity contribution < 1.29 is 14.7 Å². The summed E-state index contributed by atoms with van der Waals surface area (Å²) in [5.41, 5.74) is 0. The number of carboxylic acids is 1. The Morgan fingerprint density at radius 3 is 1.95 bits per heavy atom. The van der Waals surface area contributed by atoms with Crippen LogP contribution in [0.15, 0.2) is 12.2 Å². The van der Waals surface area contributed by atoms with Crippen molar-refractivity contribution in [2.45, 2.75) is 34.1 Å². The van der Waals surface area contributed by atoms with Crippen molar-refractivity contribution in [3.63, 3.8) is 0 Å². The van der Waals surface area contributed by atoms with Crippen LogP contribution in [0.4, 0.5) is 0 Å². The summed E-state index contributed by atoms with van der Waals surface area (Å²) >= 11 is 0. The Labute approximate surface area is 127 Å². The van der Waals surface area contributed by atoms with Crippen LogP contribution in [0, 0.1) is 35.5 Å². The molecule has 1 amide bonds. The Hall–Kier alpha value is -1.32. The van der Waals surface area contributed by atoms with Crippen LogP contribution in [-0.4, -0.2) is 35.0 Å². The monoisotopic (exact) mass is 293 g/mol. The zero-order valence-electron chi connectivity index (χ0n) is 13.5. The summed E-state index contributed by atoms with van der Waals surface area (Å²) < 4.78 is 0. The van der Waals surface area contributed by atoms with E-state index < -0.39 is 11.9 Å². The first-order chi connectivity index (χ1) is 9.81. The van der Waals surface area contributed by atoms with Gasteiger partial charge in [-0.3, -0.25) is 9.59 Å². The molecule has 0 radical (unpaired) electrons. The van der Waals surface area contributed by atoms with Gasteiger partial charge >= 0.3 is 5.97 Å². The van der Waals surface area contributed by atoms with Gasteiger partial charge in [-0.25, -0.2) is 0 Å². The number of hydrogen-bond donors (Lipinski definition) is 1. The first kappa shape index (κ1) is 16.1. The summed E-state index contributed by atoms with van der Waals surface area (Å²) in [5.74, 6) is -0.729. The van der Waals surface area contributed by atoms with Gasteiger partial charge in [0.2, 0.25) is 5.91 Å². The van der Waals surface area contributed by atoms with Crippen molar-refractivity contribution in [3.8, 4) is 0 Å². The molecule has 0 aromatic rings. The van der Waals surface area contributed by atoms with E-state index in [1.165, 1.54) is 0 Å². The van der Waals surface area contributed by atoms with Gasteiger partial charge in [0.15, 0.2) is 0 Å². The molecule has 0 aliphatic heterocycles. The van der Waals surface area contributed by atoms with Crippen LogP contribution in [0.25, 0.3) is 0 Å². The molecule has 1 fully saturated rings. The quantitative estimate of drug-likeness (QED) is 0.766. The van der Waals surface area contributed by atoms with Crippen LogP contribution in [0.2, 0.25) is 0 Å². The predicted octanol–water partition coefficient (Wildman–Crippen LogP) is 2.65. The van der Waals surface area contributed by atoms with Gasteiger partial charge in [0, 0.05) is 13.1 Å². The molecule has 2 bridgehead atoms. The second-order valence-electron chi connectivity index (χ2n) is 7.37. The third-order valence-corrected chi connectivity index (χ3v) is 4.51. The van der Waals surface area contributed by atoms with Crippen molar-refractivity contribution in [3.05, 3.63) is 12.2 Å². The van der Waals surface area contributed by atoms with Crippen LogP contribution < -0.4 is 0 Å². The Kier molecular flexibility index (Phi) is 4.74. The number of amides is 1. The van der Waals surface area contributed by atoms with Gasteiger partial charge < -0.3 is 10.0 Å². The number of rotatable bonds is 6. The molecule has 21 heavy (non-hydrogen) atoms. The van der Waals surface area contributed by atoms with Gasteiger partial charge in [-0.1, -0.05) is 39.8 Å². The average Bonchev–Trinajstić information content (AvgIpc) is 2.95. The topological polar surface area (TPSA) is 57.6 Å². The number of fused-ring (bicyclic) bond motifs is 2. The molecule has 118 valence electrons. The minimum Gasteiger partial charge on any atom is -0.481 e. The number of nitrogens with zero attached hydrogens (tertiary/aromatic N) is 1. The van der Waals surface area contributed by atoms with Crippen LogP contribution in [0.5, 0.6) is 0 Å². The van der Waals surface area contributed by atoms with Crippen molar-refractivity contribution in [1.29, 1.82) is 0 Å². The van der Waals surface area contributed by atoms with Gasteiger partial charge in [0.25, 0.3) is 0 Å². The summed E-state index contributed by atoms with van der Waals surface area (Å²) in [7, 11) is 0. The molecule has 4 nitrogen and oxygen atoms in total. The zero-order chi connectivity index (χ0) is 15.7. The molecule has 2 rings (SSSR count). The zero-order valence-corrected chi connectivity index (χ0v) is 13.5. The standard InChI is InChI=1S/C17H27NO3/c1-10(2)8-18(9-11(3)4)16(19)14-12-5-6-13(7-12)15(14)17(20)21/h5-6,10-15H,7-9H2,1-4H3,(H,20,21)/t12-,13+,14-,15+/m1/s1. The summed E-state index contributed by atoms with van der Waals surface area (Å²) in [6, 6.07) is 0. The summed E-state index contributed by atoms with van der Waals surface area (Å²) in [6.07, 6.45) is 4.86. The molecule has 1 saturated carbocycles. The number of hydrogen-bond acceptors (Lipinski definition) is 2. The minimum absolute atomic E-state index is 0.0430. The molecular formula is C17H27NO3. The Morgan fingerprint density at radius 1 is 1.05 bits per heavy atom. The van der Waals surface area contributed by atoms with Gasteiger partial charge in [0.05, 0.1) is 11.8 Å². The van der Waals surface area contributed by atoms with Crippen LogP contribution in [0.3, 0.4) is 0 Å². The van der Waals surface area contributed by atoms with Crippen molar-refractivity contribution in [2.24, 2.45) is 35.5 Å². The van der Waals surface area contributed by atoms with E-state index in [-0.39, 0.29) is 23.7 Å². The van der Waals surface area contributed by atoms with Crippen LogP contribution >= 0.6 is 0 Å². The van der Waals surface area contributed by atoms with E-state index >= 15 is 0 Å². The highest BCUT2D eigenvalue weighted by Crippen LogP contribution is 2.48. The van der Waals surface area contributed by atoms with E-state index in [1.54, 1.807) is 0 Å². The Bertz CT molecular complexity index is 431. The second kappa shape index (κ2) is 6.20. The lowest BCUT2D eigenvalue weighted by Gasteiger charge is -2.33. The Balaban J connectivity index is 2.19. The third kappa shape index (κ3) is 3.30. The summed E-state index contributed by atoms with van der Waals surface area (Å²) in [4.78, 5) is 26.4. The summed E-state index contributed by atoms with van der Waals surface area (Å²) in [6.45, 7) is 9.79. The van der Waals surface area contributed by atoms with Gasteiger partial charge in [-0.15, -0.1) is 0 Å². The molecule has 0 saturated heterocycles. The fourth-order valence-corrected chi connectivity index (χ4v) is 3.84. The normalized spacial score (nSPS) is 30.4. The predicted molar refractivity (Wildman–Crippen MR) is 81.6 cm³/mol. The number of carbonyl (C=O) groups is 2.